The number of hydrogen-bond donors (Lipinski definition) is 1. The zero-order chi connectivity index (χ0) is 17.6. The number of phenols is 1. The smallest absolute Gasteiger partial charge is 0.342 e. The Labute approximate surface area is 153 Å². The summed E-state index contributed by atoms with van der Waals surface area (Å²) in [4.78, 5) is 23.4. The van der Waals surface area contributed by atoms with Crippen molar-refractivity contribution in [3.05, 3.63) is 22.3 Å². The Bertz CT molecular complexity index is 729. The molecule has 7 heteroatoms. The van der Waals surface area contributed by atoms with Gasteiger partial charge < -0.3 is 19.3 Å². The first-order valence-corrected chi connectivity index (χ1v) is 8.97. The number of rotatable bonds is 4. The minimum Gasteiger partial charge on any atom is -0.507 e. The fraction of sp³-hybridized carbons (Fsp3) is 0.529. The summed E-state index contributed by atoms with van der Waals surface area (Å²) >= 11 is 2.23. The normalized spacial score (nSPS) is 23.7. The van der Waals surface area contributed by atoms with Crippen molar-refractivity contribution in [1.82, 2.24) is 0 Å². The van der Waals surface area contributed by atoms with Crippen LogP contribution in [0.15, 0.2) is 0 Å². The van der Waals surface area contributed by atoms with Gasteiger partial charge in [-0.1, -0.05) is 22.6 Å². The second-order valence-electron chi connectivity index (χ2n) is 6.37. The minimum absolute atomic E-state index is 0.0729. The monoisotopic (exact) mass is 446 g/mol. The van der Waals surface area contributed by atoms with Crippen molar-refractivity contribution in [2.45, 2.75) is 49.2 Å². The maximum atomic E-state index is 11.9. The van der Waals surface area contributed by atoms with Crippen molar-refractivity contribution in [3.8, 4) is 11.5 Å². The Morgan fingerprint density at radius 2 is 2.12 bits per heavy atom. The van der Waals surface area contributed by atoms with Gasteiger partial charge in [0.15, 0.2) is 0 Å². The molecule has 2 heterocycles. The van der Waals surface area contributed by atoms with Crippen molar-refractivity contribution in [1.29, 1.82) is 0 Å². The number of aromatic hydroxyl groups is 1. The van der Waals surface area contributed by atoms with Gasteiger partial charge in [-0.25, -0.2) is 4.79 Å². The van der Waals surface area contributed by atoms with Crippen LogP contribution in [0.4, 0.5) is 0 Å². The second kappa shape index (κ2) is 6.09. The summed E-state index contributed by atoms with van der Waals surface area (Å²) in [7, 11) is 1.54. The molecule has 24 heavy (non-hydrogen) atoms. The Kier molecular flexibility index (Phi) is 4.39. The summed E-state index contributed by atoms with van der Waals surface area (Å²) < 4.78 is 16.0. The highest BCUT2D eigenvalue weighted by atomic mass is 127. The van der Waals surface area contributed by atoms with Crippen LogP contribution in [0.1, 0.15) is 46.8 Å². The Morgan fingerprint density at radius 1 is 1.42 bits per heavy atom. The molecule has 2 atom stereocenters. The van der Waals surface area contributed by atoms with Crippen molar-refractivity contribution in [2.75, 3.05) is 7.11 Å². The van der Waals surface area contributed by atoms with E-state index in [0.717, 1.165) is 5.56 Å². The highest BCUT2D eigenvalue weighted by molar-refractivity contribution is 14.1. The number of carbonyl (C=O) groups is 2. The van der Waals surface area contributed by atoms with E-state index in [1.807, 2.05) is 13.8 Å². The first-order valence-electron chi connectivity index (χ1n) is 7.72. The molecule has 6 nitrogen and oxygen atoms in total. The van der Waals surface area contributed by atoms with Crippen LogP contribution < -0.4 is 4.74 Å². The van der Waals surface area contributed by atoms with E-state index >= 15 is 0 Å². The highest BCUT2D eigenvalue weighted by Gasteiger charge is 2.43. The third-order valence-electron chi connectivity index (χ3n) is 4.87. The molecule has 0 aromatic heterocycles. The first-order chi connectivity index (χ1) is 11.3. The Balaban J connectivity index is 2.02. The number of hydrogen-bond acceptors (Lipinski definition) is 6. The van der Waals surface area contributed by atoms with Gasteiger partial charge in [-0.15, -0.1) is 0 Å². The van der Waals surface area contributed by atoms with E-state index in [1.165, 1.54) is 7.11 Å². The molecule has 1 aromatic rings. The molecule has 0 spiro atoms. The molecule has 2 aliphatic heterocycles. The van der Waals surface area contributed by atoms with Gasteiger partial charge in [0, 0.05) is 17.5 Å². The third kappa shape index (κ3) is 2.62. The lowest BCUT2D eigenvalue weighted by molar-refractivity contribution is -0.146. The number of esters is 2. The van der Waals surface area contributed by atoms with E-state index in [9.17, 15) is 14.7 Å². The van der Waals surface area contributed by atoms with Crippen LogP contribution in [0.25, 0.3) is 0 Å². The average Bonchev–Trinajstić information content (AvgIpc) is 3.09. The number of benzene rings is 1. The number of cyclic esters (lactones) is 2. The maximum absolute atomic E-state index is 11.9. The fourth-order valence-electron chi connectivity index (χ4n) is 3.36. The molecule has 0 aliphatic carbocycles. The van der Waals surface area contributed by atoms with Gasteiger partial charge in [0.05, 0.1) is 11.0 Å². The van der Waals surface area contributed by atoms with E-state index in [2.05, 4.69) is 22.6 Å². The molecule has 0 amide bonds. The summed E-state index contributed by atoms with van der Waals surface area (Å²) in [5.74, 6) is -0.259. The van der Waals surface area contributed by atoms with E-state index in [1.54, 1.807) is 0 Å². The fourth-order valence-corrected chi connectivity index (χ4v) is 4.24. The van der Waals surface area contributed by atoms with Crippen LogP contribution in [-0.2, 0) is 27.3 Å². The number of methoxy groups -OCH3 is 1. The summed E-state index contributed by atoms with van der Waals surface area (Å²) in [6, 6.07) is 0. The topological polar surface area (TPSA) is 82.1 Å². The minimum atomic E-state index is -0.595. The highest BCUT2D eigenvalue weighted by Crippen LogP contribution is 2.44. The molecule has 0 bridgehead atoms. The molecule has 1 N–H and O–H groups in total. The van der Waals surface area contributed by atoms with E-state index in [-0.39, 0.29) is 27.8 Å². The number of fused-ring (bicyclic) bond motifs is 1. The lowest BCUT2D eigenvalue weighted by Gasteiger charge is -2.29. The van der Waals surface area contributed by atoms with Gasteiger partial charge in [-0.05, 0) is 32.3 Å². The van der Waals surface area contributed by atoms with Gasteiger partial charge in [0.1, 0.15) is 29.3 Å². The molecule has 0 radical (unpaired) electrons. The van der Waals surface area contributed by atoms with Crippen LogP contribution in [-0.4, -0.2) is 33.7 Å². The van der Waals surface area contributed by atoms with Gasteiger partial charge in [-0.3, -0.25) is 4.79 Å². The molecule has 3 rings (SSSR count). The van der Waals surface area contributed by atoms with Crippen LogP contribution in [0.5, 0.6) is 11.5 Å². The molecule has 0 unspecified atom stereocenters. The largest absolute Gasteiger partial charge is 0.507 e. The maximum Gasteiger partial charge on any atom is 0.342 e. The zero-order valence-corrected chi connectivity index (χ0v) is 15.9. The van der Waals surface area contributed by atoms with Crippen LogP contribution in [0.3, 0.4) is 0 Å². The lowest BCUT2D eigenvalue weighted by Crippen LogP contribution is -2.36. The van der Waals surface area contributed by atoms with E-state index in [0.29, 0.717) is 36.1 Å². The quantitative estimate of drug-likeness (QED) is 0.435. The van der Waals surface area contributed by atoms with Crippen LogP contribution >= 0.6 is 22.6 Å². The lowest BCUT2D eigenvalue weighted by atomic mass is 9.90. The Hall–Kier alpha value is -1.51. The second-order valence-corrected chi connectivity index (χ2v) is 7.88. The van der Waals surface area contributed by atoms with Gasteiger partial charge in [0.2, 0.25) is 0 Å². The van der Waals surface area contributed by atoms with Gasteiger partial charge in [0.25, 0.3) is 0 Å². The molecule has 130 valence electrons. The zero-order valence-electron chi connectivity index (χ0n) is 13.8. The standard InChI is InChI=1S/C17H19IO6/c1-8-10-7-23-16(21)13(10)14(20)9(15(8)22-3)6-11(18)17(2)5-4-12(19)24-17/h11,20H,4-7H2,1-3H3/t11-,17+/m0/s1. The third-order valence-corrected chi connectivity index (χ3v) is 6.62. The number of phenolic OH excluding ortho intramolecular Hbond substituents is 1. The number of alkyl halides is 1. The SMILES string of the molecule is COc1c(C)c2c(c(O)c1C[C@H](I)[C@@]1(C)CCC(=O)O1)C(=O)OC2. The average molecular weight is 446 g/mol. The summed E-state index contributed by atoms with van der Waals surface area (Å²) in [5, 5.41) is 10.7. The van der Waals surface area contributed by atoms with E-state index in [4.69, 9.17) is 14.2 Å². The van der Waals surface area contributed by atoms with Gasteiger partial charge in [-0.2, -0.15) is 0 Å². The number of ether oxygens (including phenoxy) is 3. The Morgan fingerprint density at radius 3 is 2.71 bits per heavy atom. The first kappa shape index (κ1) is 17.3. The predicted molar refractivity (Wildman–Crippen MR) is 93.8 cm³/mol. The molecular formula is C17H19IO6. The van der Waals surface area contributed by atoms with Gasteiger partial charge >= 0.3 is 11.9 Å². The summed E-state index contributed by atoms with van der Waals surface area (Å²) in [5.41, 5.74) is 1.64. The molecule has 1 aromatic carbocycles. The van der Waals surface area contributed by atoms with E-state index < -0.39 is 11.6 Å². The van der Waals surface area contributed by atoms with Crippen molar-refractivity contribution >= 4 is 34.5 Å². The summed E-state index contributed by atoms with van der Waals surface area (Å²) in [6.45, 7) is 3.89. The predicted octanol–water partition coefficient (Wildman–Crippen LogP) is 2.82. The van der Waals surface area contributed by atoms with Crippen molar-refractivity contribution in [3.63, 3.8) is 0 Å². The van der Waals surface area contributed by atoms with Crippen LogP contribution in [0, 0.1) is 6.92 Å². The molecule has 1 saturated heterocycles. The summed E-state index contributed by atoms with van der Waals surface area (Å²) in [6.07, 6.45) is 1.45. The van der Waals surface area contributed by atoms with Crippen LogP contribution in [0.2, 0.25) is 0 Å². The number of carbonyl (C=O) groups excluding carboxylic acids is 2. The molecule has 1 fully saturated rings. The number of halogens is 1. The molecular weight excluding hydrogens is 427 g/mol. The van der Waals surface area contributed by atoms with Crippen molar-refractivity contribution in [2.24, 2.45) is 0 Å². The van der Waals surface area contributed by atoms with Crippen molar-refractivity contribution < 1.29 is 28.9 Å². The molecule has 0 saturated carbocycles. The molecule has 2 aliphatic rings.